The first-order chi connectivity index (χ1) is 15.6. The fourth-order valence-electron chi connectivity index (χ4n) is 4.00. The Morgan fingerprint density at radius 1 is 1.21 bits per heavy atom. The van der Waals surface area contributed by atoms with Crippen molar-refractivity contribution in [3.63, 3.8) is 0 Å². The largest absolute Gasteiger partial charge is 0.386 e. The Balaban J connectivity index is 1.53. The Hall–Kier alpha value is -2.57. The topological polar surface area (TPSA) is 123 Å². The molecule has 9 nitrogen and oxygen atoms in total. The smallest absolute Gasteiger partial charge is 0.223 e. The van der Waals surface area contributed by atoms with Crippen LogP contribution in [0.4, 0.5) is 14.7 Å². The van der Waals surface area contributed by atoms with E-state index in [1.807, 2.05) is 0 Å². The first-order valence-electron chi connectivity index (χ1n) is 10.2. The van der Waals surface area contributed by atoms with Gasteiger partial charge in [0.25, 0.3) is 0 Å². The van der Waals surface area contributed by atoms with Gasteiger partial charge >= 0.3 is 0 Å². The van der Waals surface area contributed by atoms with Gasteiger partial charge in [-0.25, -0.2) is 18.7 Å². The Morgan fingerprint density at radius 3 is 2.76 bits per heavy atom. The lowest BCUT2D eigenvalue weighted by Crippen LogP contribution is -2.48. The molecule has 2 saturated heterocycles. The third-order valence-corrected chi connectivity index (χ3v) is 6.03. The van der Waals surface area contributed by atoms with Crippen LogP contribution in [0.25, 0.3) is 22.2 Å². The molecule has 0 amide bonds. The molecule has 0 unspecified atom stereocenters. The molecule has 4 heterocycles. The summed E-state index contributed by atoms with van der Waals surface area (Å²) in [7, 11) is 0. The third-order valence-electron chi connectivity index (χ3n) is 5.65. The van der Waals surface area contributed by atoms with Gasteiger partial charge in [-0.15, -0.1) is 5.10 Å². The molecule has 33 heavy (non-hydrogen) atoms. The normalized spacial score (nSPS) is 24.9. The van der Waals surface area contributed by atoms with Crippen LogP contribution in [0.15, 0.2) is 18.3 Å². The molecule has 2 bridgehead atoms. The van der Waals surface area contributed by atoms with Crippen LogP contribution in [-0.2, 0) is 15.1 Å². The molecule has 0 radical (unpaired) electrons. The maximum absolute atomic E-state index is 14.8. The highest BCUT2D eigenvalue weighted by molar-refractivity contribution is 6.36. The van der Waals surface area contributed by atoms with Crippen LogP contribution in [0, 0.1) is 11.6 Å². The van der Waals surface area contributed by atoms with Crippen LogP contribution >= 0.6 is 11.6 Å². The lowest BCUT2D eigenvalue weighted by Gasteiger charge is -2.32. The van der Waals surface area contributed by atoms with E-state index in [-0.39, 0.29) is 44.9 Å². The minimum atomic E-state index is -1.42. The zero-order chi connectivity index (χ0) is 23.5. The number of anilines is 1. The van der Waals surface area contributed by atoms with Gasteiger partial charge in [-0.05, 0) is 32.4 Å². The molecule has 3 aromatic rings. The molecule has 2 aromatic heterocycles. The van der Waals surface area contributed by atoms with Crippen molar-refractivity contribution in [1.29, 1.82) is 0 Å². The number of hydrogen-bond acceptors (Lipinski definition) is 9. The number of fused-ring (bicyclic) bond motifs is 3. The zero-order valence-electron chi connectivity index (χ0n) is 17.6. The molecule has 4 atom stereocenters. The maximum atomic E-state index is 14.8. The standard InChI is InChI=1S/C21H20ClF2N5O4/c1-21(2,31)18-14(22)10-3-8(4-11(23)16(10)28-29-18)15-12(24)6-25-20(27-15)26-13-5-9-7-32-19(33-9)17(13)30/h3-4,6,9,13,17,19,30-31H,5,7H2,1-2H3,(H,25,26,27)/t9-,13+,17-,19+/m0/s1. The monoisotopic (exact) mass is 479 g/mol. The average molecular weight is 480 g/mol. The van der Waals surface area contributed by atoms with Crippen LogP contribution in [0.3, 0.4) is 0 Å². The molecule has 5 rings (SSSR count). The molecule has 1 aromatic carbocycles. The molecule has 2 fully saturated rings. The van der Waals surface area contributed by atoms with E-state index < -0.39 is 35.7 Å². The number of rotatable bonds is 4. The van der Waals surface area contributed by atoms with Gasteiger partial charge < -0.3 is 25.0 Å². The molecule has 174 valence electrons. The van der Waals surface area contributed by atoms with E-state index in [9.17, 15) is 19.0 Å². The van der Waals surface area contributed by atoms with Gasteiger partial charge in [-0.2, -0.15) is 5.10 Å². The van der Waals surface area contributed by atoms with E-state index in [2.05, 4.69) is 25.5 Å². The number of aliphatic hydroxyl groups excluding tert-OH is 1. The van der Waals surface area contributed by atoms with E-state index in [0.717, 1.165) is 12.3 Å². The summed E-state index contributed by atoms with van der Waals surface area (Å²) in [6.45, 7) is 3.32. The van der Waals surface area contributed by atoms with Gasteiger partial charge in [0.15, 0.2) is 17.9 Å². The minimum Gasteiger partial charge on any atom is -0.386 e. The summed E-state index contributed by atoms with van der Waals surface area (Å²) in [5.74, 6) is -1.51. The van der Waals surface area contributed by atoms with Crippen molar-refractivity contribution in [3.05, 3.63) is 40.7 Å². The summed E-state index contributed by atoms with van der Waals surface area (Å²) in [6, 6.07) is 2.03. The fourth-order valence-corrected chi connectivity index (χ4v) is 4.41. The molecule has 3 N–H and O–H groups in total. The molecule has 2 aliphatic heterocycles. The Morgan fingerprint density at radius 2 is 2.00 bits per heavy atom. The summed E-state index contributed by atoms with van der Waals surface area (Å²) < 4.78 is 40.4. The summed E-state index contributed by atoms with van der Waals surface area (Å²) in [5, 5.41) is 31.5. The van der Waals surface area contributed by atoms with Crippen LogP contribution < -0.4 is 5.32 Å². The highest BCUT2D eigenvalue weighted by Gasteiger charge is 2.43. The van der Waals surface area contributed by atoms with Gasteiger partial charge in [0.05, 0.1) is 30.0 Å². The number of ether oxygens (including phenoxy) is 2. The number of hydrogen-bond donors (Lipinski definition) is 3. The quantitative estimate of drug-likeness (QED) is 0.518. The summed E-state index contributed by atoms with van der Waals surface area (Å²) in [5.41, 5.74) is -1.56. The van der Waals surface area contributed by atoms with Gasteiger partial charge in [0, 0.05) is 10.9 Å². The first-order valence-corrected chi connectivity index (χ1v) is 10.6. The first kappa shape index (κ1) is 22.2. The predicted octanol–water partition coefficient (Wildman–Crippen LogP) is 2.53. The lowest BCUT2D eigenvalue weighted by atomic mass is 10.0. The van der Waals surface area contributed by atoms with Crippen molar-refractivity contribution < 1.29 is 28.5 Å². The lowest BCUT2D eigenvalue weighted by molar-refractivity contribution is -0.156. The molecular weight excluding hydrogens is 460 g/mol. The predicted molar refractivity (Wildman–Crippen MR) is 113 cm³/mol. The highest BCUT2D eigenvalue weighted by atomic mass is 35.5. The maximum Gasteiger partial charge on any atom is 0.223 e. The van der Waals surface area contributed by atoms with Gasteiger partial charge in [0.1, 0.15) is 28.6 Å². The zero-order valence-corrected chi connectivity index (χ0v) is 18.3. The van der Waals surface area contributed by atoms with Crippen molar-refractivity contribution in [2.75, 3.05) is 11.9 Å². The second kappa shape index (κ2) is 8.03. The Labute approximate surface area is 191 Å². The van der Waals surface area contributed by atoms with Crippen molar-refractivity contribution >= 4 is 28.5 Å². The molecule has 0 saturated carbocycles. The van der Waals surface area contributed by atoms with Crippen LogP contribution in [0.2, 0.25) is 5.02 Å². The number of benzene rings is 1. The van der Waals surface area contributed by atoms with E-state index >= 15 is 0 Å². The number of nitrogens with one attached hydrogen (secondary N) is 1. The third kappa shape index (κ3) is 4.00. The number of halogens is 3. The van der Waals surface area contributed by atoms with Crippen LogP contribution in [0.1, 0.15) is 26.0 Å². The average Bonchev–Trinajstić information content (AvgIpc) is 3.16. The van der Waals surface area contributed by atoms with Crippen molar-refractivity contribution in [2.45, 2.75) is 50.4 Å². The van der Waals surface area contributed by atoms with Crippen molar-refractivity contribution in [2.24, 2.45) is 0 Å². The molecule has 0 spiro atoms. The number of aromatic nitrogens is 4. The highest BCUT2D eigenvalue weighted by Crippen LogP contribution is 2.35. The number of aliphatic hydroxyl groups is 2. The molecular formula is C21H20ClF2N5O4. The van der Waals surface area contributed by atoms with Gasteiger partial charge in [-0.1, -0.05) is 11.6 Å². The fraction of sp³-hybridized carbons (Fsp3) is 0.429. The summed E-state index contributed by atoms with van der Waals surface area (Å²) >= 11 is 6.39. The number of nitrogens with zero attached hydrogens (tertiary/aromatic N) is 4. The van der Waals surface area contributed by atoms with Crippen LogP contribution in [0.5, 0.6) is 0 Å². The molecule has 0 aliphatic carbocycles. The Bertz CT molecular complexity index is 1240. The van der Waals surface area contributed by atoms with E-state index in [1.54, 1.807) is 0 Å². The Kier molecular flexibility index (Phi) is 5.41. The van der Waals surface area contributed by atoms with Crippen molar-refractivity contribution in [3.8, 4) is 11.3 Å². The molecule has 12 heteroatoms. The van der Waals surface area contributed by atoms with E-state index in [0.29, 0.717) is 13.0 Å². The van der Waals surface area contributed by atoms with Gasteiger partial charge in [0.2, 0.25) is 5.95 Å². The minimum absolute atomic E-state index is 0.00173. The van der Waals surface area contributed by atoms with Crippen LogP contribution in [-0.4, -0.2) is 61.5 Å². The summed E-state index contributed by atoms with van der Waals surface area (Å²) in [4.78, 5) is 8.15. The second-order valence-electron chi connectivity index (χ2n) is 8.60. The van der Waals surface area contributed by atoms with E-state index in [4.69, 9.17) is 21.1 Å². The van der Waals surface area contributed by atoms with E-state index in [1.165, 1.54) is 19.9 Å². The van der Waals surface area contributed by atoms with Gasteiger partial charge in [-0.3, -0.25) is 0 Å². The van der Waals surface area contributed by atoms with Crippen molar-refractivity contribution in [1.82, 2.24) is 20.2 Å². The second-order valence-corrected chi connectivity index (χ2v) is 8.98. The molecule has 2 aliphatic rings. The summed E-state index contributed by atoms with van der Waals surface area (Å²) in [6.07, 6.45) is -0.468. The SMILES string of the molecule is CC(C)(O)c1nnc2c(F)cc(-c3nc(N[C@@H]4C[C@H]5CO[C@H](O5)[C@H]4O)ncc3F)cc2c1Cl.